The van der Waals surface area contributed by atoms with Gasteiger partial charge in [-0.15, -0.1) is 0 Å². The summed E-state index contributed by atoms with van der Waals surface area (Å²) in [5.74, 6) is -0.313. The smallest absolute Gasteiger partial charge is 0.326 e. The number of rotatable bonds is 8. The van der Waals surface area contributed by atoms with Crippen LogP contribution in [0.5, 0.6) is 0 Å². The van der Waals surface area contributed by atoms with Crippen LogP contribution in [0.25, 0.3) is 0 Å². The molecule has 1 rings (SSSR count). The van der Waals surface area contributed by atoms with Crippen LogP contribution in [-0.2, 0) is 9.53 Å². The first-order chi connectivity index (χ1) is 10.1. The summed E-state index contributed by atoms with van der Waals surface area (Å²) in [6.07, 6.45) is 3.79. The zero-order valence-electron chi connectivity index (χ0n) is 12.3. The van der Waals surface area contributed by atoms with Crippen LogP contribution in [0.3, 0.4) is 0 Å². The van der Waals surface area contributed by atoms with Crippen LogP contribution in [0.2, 0.25) is 0 Å². The van der Waals surface area contributed by atoms with Crippen molar-refractivity contribution in [1.82, 2.24) is 10.2 Å². The SMILES string of the molecule is CSCC[C@H](NC(=O)N1CCC(OCCO)CC1)C(=O)O. The molecule has 2 amide bonds. The van der Waals surface area contributed by atoms with Crippen molar-refractivity contribution >= 4 is 23.8 Å². The number of amides is 2. The van der Waals surface area contributed by atoms with Gasteiger partial charge in [-0.2, -0.15) is 11.8 Å². The number of aliphatic hydroxyl groups excluding tert-OH is 1. The summed E-state index contributed by atoms with van der Waals surface area (Å²) >= 11 is 1.55. The molecule has 1 heterocycles. The molecular weight excluding hydrogens is 296 g/mol. The average Bonchev–Trinajstić information content (AvgIpc) is 2.49. The highest BCUT2D eigenvalue weighted by Gasteiger charge is 2.26. The number of carboxylic acid groups (broad SMARTS) is 1. The molecule has 0 saturated carbocycles. The summed E-state index contributed by atoms with van der Waals surface area (Å²) in [6.45, 7) is 1.39. The van der Waals surface area contributed by atoms with E-state index in [0.717, 1.165) is 0 Å². The van der Waals surface area contributed by atoms with E-state index >= 15 is 0 Å². The number of hydrogen-bond acceptors (Lipinski definition) is 5. The standard InChI is InChI=1S/C13H24N2O5S/c1-21-9-4-11(12(17)18)14-13(19)15-5-2-10(3-6-15)20-8-7-16/h10-11,16H,2-9H2,1H3,(H,14,19)(H,17,18)/t11-/m0/s1. The van der Waals surface area contributed by atoms with E-state index in [-0.39, 0.29) is 18.7 Å². The number of carbonyl (C=O) groups is 2. The van der Waals surface area contributed by atoms with Crippen molar-refractivity contribution in [3.63, 3.8) is 0 Å². The summed E-state index contributed by atoms with van der Waals surface area (Å²) in [4.78, 5) is 24.8. The minimum absolute atomic E-state index is 0.00354. The number of carbonyl (C=O) groups excluding carboxylic acids is 1. The Balaban J connectivity index is 2.36. The molecule has 1 aliphatic rings. The van der Waals surface area contributed by atoms with Gasteiger partial charge in [0.1, 0.15) is 6.04 Å². The number of ether oxygens (including phenoxy) is 1. The fourth-order valence-corrected chi connectivity index (χ4v) is 2.65. The first-order valence-corrected chi connectivity index (χ1v) is 8.47. The molecular formula is C13H24N2O5S. The molecule has 1 fully saturated rings. The fourth-order valence-electron chi connectivity index (χ4n) is 2.18. The third-order valence-electron chi connectivity index (χ3n) is 3.38. The van der Waals surface area contributed by atoms with Crippen molar-refractivity contribution in [3.05, 3.63) is 0 Å². The Labute approximate surface area is 129 Å². The van der Waals surface area contributed by atoms with Crippen LogP contribution in [-0.4, -0.2) is 77.6 Å². The predicted octanol–water partition coefficient (Wildman–Crippen LogP) is 0.376. The molecule has 0 aliphatic carbocycles. The van der Waals surface area contributed by atoms with Gasteiger partial charge in [0.15, 0.2) is 0 Å². The van der Waals surface area contributed by atoms with Gasteiger partial charge in [0, 0.05) is 13.1 Å². The van der Waals surface area contributed by atoms with E-state index in [1.807, 2.05) is 6.26 Å². The number of urea groups is 1. The lowest BCUT2D eigenvalue weighted by molar-refractivity contribution is -0.139. The number of hydrogen-bond donors (Lipinski definition) is 3. The Kier molecular flexibility index (Phi) is 8.48. The van der Waals surface area contributed by atoms with E-state index in [9.17, 15) is 9.59 Å². The predicted molar refractivity (Wildman–Crippen MR) is 80.6 cm³/mol. The van der Waals surface area contributed by atoms with Gasteiger partial charge in [-0.25, -0.2) is 9.59 Å². The molecule has 1 aliphatic heterocycles. The van der Waals surface area contributed by atoms with Crippen LogP contribution in [0, 0.1) is 0 Å². The summed E-state index contributed by atoms with van der Waals surface area (Å²) in [5, 5.41) is 20.4. The van der Waals surface area contributed by atoms with Crippen LogP contribution in [0.1, 0.15) is 19.3 Å². The maximum atomic E-state index is 12.1. The molecule has 0 bridgehead atoms. The molecule has 1 atom stereocenters. The van der Waals surface area contributed by atoms with E-state index in [1.165, 1.54) is 0 Å². The third-order valence-corrected chi connectivity index (χ3v) is 4.02. The lowest BCUT2D eigenvalue weighted by Gasteiger charge is -2.32. The number of aliphatic hydroxyl groups is 1. The normalized spacial score (nSPS) is 17.5. The molecule has 3 N–H and O–H groups in total. The van der Waals surface area contributed by atoms with E-state index in [0.29, 0.717) is 44.7 Å². The molecule has 0 aromatic heterocycles. The Hall–Kier alpha value is -0.990. The Morgan fingerprint density at radius 2 is 2.10 bits per heavy atom. The number of nitrogens with one attached hydrogen (secondary N) is 1. The molecule has 1 saturated heterocycles. The van der Waals surface area contributed by atoms with Gasteiger partial charge in [-0.3, -0.25) is 0 Å². The highest BCUT2D eigenvalue weighted by atomic mass is 32.2. The Bertz CT molecular complexity index is 335. The largest absolute Gasteiger partial charge is 0.480 e. The van der Waals surface area contributed by atoms with Crippen LogP contribution < -0.4 is 5.32 Å². The number of carboxylic acids is 1. The van der Waals surface area contributed by atoms with E-state index in [2.05, 4.69) is 5.32 Å². The monoisotopic (exact) mass is 320 g/mol. The number of nitrogens with zero attached hydrogens (tertiary/aromatic N) is 1. The number of likely N-dealkylation sites (tertiary alicyclic amines) is 1. The minimum Gasteiger partial charge on any atom is -0.480 e. The molecule has 122 valence electrons. The lowest BCUT2D eigenvalue weighted by atomic mass is 10.1. The highest BCUT2D eigenvalue weighted by molar-refractivity contribution is 7.98. The molecule has 0 aromatic carbocycles. The van der Waals surface area contributed by atoms with Gasteiger partial charge in [0.25, 0.3) is 0 Å². The highest BCUT2D eigenvalue weighted by Crippen LogP contribution is 2.14. The zero-order valence-corrected chi connectivity index (χ0v) is 13.1. The molecule has 0 aromatic rings. The topological polar surface area (TPSA) is 99.1 Å². The molecule has 0 radical (unpaired) electrons. The second-order valence-electron chi connectivity index (χ2n) is 4.90. The van der Waals surface area contributed by atoms with Crippen molar-refractivity contribution < 1.29 is 24.5 Å². The van der Waals surface area contributed by atoms with E-state index in [4.69, 9.17) is 14.9 Å². The number of piperidine rings is 1. The Morgan fingerprint density at radius 3 is 2.62 bits per heavy atom. The Morgan fingerprint density at radius 1 is 1.43 bits per heavy atom. The molecule has 7 nitrogen and oxygen atoms in total. The van der Waals surface area contributed by atoms with E-state index < -0.39 is 12.0 Å². The van der Waals surface area contributed by atoms with Gasteiger partial charge < -0.3 is 25.2 Å². The van der Waals surface area contributed by atoms with E-state index in [1.54, 1.807) is 16.7 Å². The first kappa shape index (κ1) is 18.1. The summed E-state index contributed by atoms with van der Waals surface area (Å²) in [5.41, 5.74) is 0. The summed E-state index contributed by atoms with van der Waals surface area (Å²) in [6, 6.07) is -1.17. The number of thioether (sulfide) groups is 1. The van der Waals surface area contributed by atoms with Crippen LogP contribution >= 0.6 is 11.8 Å². The van der Waals surface area contributed by atoms with Gasteiger partial charge in [0.05, 0.1) is 19.3 Å². The van der Waals surface area contributed by atoms with Crippen molar-refractivity contribution in [1.29, 1.82) is 0 Å². The van der Waals surface area contributed by atoms with Gasteiger partial charge in [-0.05, 0) is 31.3 Å². The van der Waals surface area contributed by atoms with Crippen molar-refractivity contribution in [2.75, 3.05) is 38.3 Å². The quantitative estimate of drug-likeness (QED) is 0.598. The van der Waals surface area contributed by atoms with Gasteiger partial charge in [-0.1, -0.05) is 0 Å². The second kappa shape index (κ2) is 9.86. The fraction of sp³-hybridized carbons (Fsp3) is 0.846. The van der Waals surface area contributed by atoms with Gasteiger partial charge >= 0.3 is 12.0 Å². The molecule has 21 heavy (non-hydrogen) atoms. The molecule has 8 heteroatoms. The van der Waals surface area contributed by atoms with Crippen molar-refractivity contribution in [2.45, 2.75) is 31.4 Å². The molecule has 0 unspecified atom stereocenters. The maximum Gasteiger partial charge on any atom is 0.326 e. The summed E-state index contributed by atoms with van der Waals surface area (Å²) < 4.78 is 5.43. The third kappa shape index (κ3) is 6.54. The van der Waals surface area contributed by atoms with Crippen LogP contribution in [0.15, 0.2) is 0 Å². The zero-order chi connectivity index (χ0) is 15.7. The van der Waals surface area contributed by atoms with Crippen LogP contribution in [0.4, 0.5) is 4.79 Å². The molecule has 0 spiro atoms. The van der Waals surface area contributed by atoms with Crippen molar-refractivity contribution in [2.24, 2.45) is 0 Å². The maximum absolute atomic E-state index is 12.1. The van der Waals surface area contributed by atoms with Crippen molar-refractivity contribution in [3.8, 4) is 0 Å². The van der Waals surface area contributed by atoms with Gasteiger partial charge in [0.2, 0.25) is 0 Å². The average molecular weight is 320 g/mol. The first-order valence-electron chi connectivity index (χ1n) is 7.08. The minimum atomic E-state index is -1.00. The second-order valence-corrected chi connectivity index (χ2v) is 5.89. The number of aliphatic carboxylic acids is 1. The summed E-state index contributed by atoms with van der Waals surface area (Å²) in [7, 11) is 0. The lowest BCUT2D eigenvalue weighted by Crippen LogP contribution is -2.51.